The van der Waals surface area contributed by atoms with E-state index in [-0.39, 0.29) is 23.9 Å². The maximum Gasteiger partial charge on any atom is 0.251 e. The summed E-state index contributed by atoms with van der Waals surface area (Å²) >= 11 is 0. The number of anilines is 2. The van der Waals surface area contributed by atoms with Crippen LogP contribution in [0.5, 0.6) is 0 Å². The van der Waals surface area contributed by atoms with Crippen molar-refractivity contribution >= 4 is 29.2 Å². The van der Waals surface area contributed by atoms with Crippen LogP contribution in [0.2, 0.25) is 0 Å². The number of nitrogens with one attached hydrogen (secondary N) is 3. The quantitative estimate of drug-likeness (QED) is 0.588. The fourth-order valence-electron chi connectivity index (χ4n) is 3.61. The minimum atomic E-state index is -1.19. The molecule has 3 unspecified atom stereocenters. The molecule has 1 aliphatic rings. The molecule has 2 heterocycles. The summed E-state index contributed by atoms with van der Waals surface area (Å²) in [5, 5.41) is 7.93. The van der Waals surface area contributed by atoms with Crippen LogP contribution in [0.3, 0.4) is 0 Å². The van der Waals surface area contributed by atoms with Gasteiger partial charge in [0.15, 0.2) is 11.6 Å². The normalized spacial score (nSPS) is 16.8. The number of carbonyl (C=O) groups is 3. The SMILES string of the molecule is CNC(C)C(=O)NC(C(=O)N1c2ncccc2CC1C(=O)Nc1cccc(F)c1F)C(C)C. The molecule has 0 saturated carbocycles. The topological polar surface area (TPSA) is 103 Å². The van der Waals surface area contributed by atoms with E-state index in [1.165, 1.54) is 23.2 Å². The van der Waals surface area contributed by atoms with Gasteiger partial charge in [-0.2, -0.15) is 0 Å². The average Bonchev–Trinajstić information content (AvgIpc) is 3.18. The highest BCUT2D eigenvalue weighted by Gasteiger charge is 2.43. The molecule has 3 N–H and O–H groups in total. The first-order valence-electron chi connectivity index (χ1n) is 10.6. The number of rotatable bonds is 7. The van der Waals surface area contributed by atoms with Crippen molar-refractivity contribution in [3.63, 3.8) is 0 Å². The zero-order valence-corrected chi connectivity index (χ0v) is 18.9. The van der Waals surface area contributed by atoms with Crippen LogP contribution in [0.15, 0.2) is 36.5 Å². The monoisotopic (exact) mass is 459 g/mol. The Morgan fingerprint density at radius 1 is 1.12 bits per heavy atom. The standard InChI is InChI=1S/C23H27F2N5O3/c1-12(2)19(29-21(31)13(3)26-4)23(33)30-17(11-14-7-6-10-27-20(14)30)22(32)28-16-9-5-8-15(24)18(16)25/h5-10,12-13,17,19,26H,11H2,1-4H3,(H,28,32)(H,29,31). The Morgan fingerprint density at radius 2 is 1.85 bits per heavy atom. The van der Waals surface area contributed by atoms with Crippen molar-refractivity contribution in [3.05, 3.63) is 53.7 Å². The van der Waals surface area contributed by atoms with Gasteiger partial charge in [0.2, 0.25) is 11.8 Å². The Balaban J connectivity index is 1.93. The highest BCUT2D eigenvalue weighted by Crippen LogP contribution is 2.32. The summed E-state index contributed by atoms with van der Waals surface area (Å²) in [6.07, 6.45) is 1.64. The molecule has 10 heteroatoms. The van der Waals surface area contributed by atoms with Gasteiger partial charge in [-0.05, 0) is 43.7 Å². The van der Waals surface area contributed by atoms with E-state index in [0.717, 1.165) is 6.07 Å². The predicted molar refractivity (Wildman–Crippen MR) is 119 cm³/mol. The lowest BCUT2D eigenvalue weighted by Crippen LogP contribution is -2.57. The lowest BCUT2D eigenvalue weighted by atomic mass is 10.0. The molecule has 1 aromatic carbocycles. The molecule has 0 bridgehead atoms. The smallest absolute Gasteiger partial charge is 0.251 e. The number of aromatic nitrogens is 1. The van der Waals surface area contributed by atoms with Crippen LogP contribution in [0.25, 0.3) is 0 Å². The van der Waals surface area contributed by atoms with Gasteiger partial charge < -0.3 is 16.0 Å². The second-order valence-corrected chi connectivity index (χ2v) is 8.25. The molecule has 0 saturated heterocycles. The summed E-state index contributed by atoms with van der Waals surface area (Å²) in [4.78, 5) is 44.7. The number of hydrogen-bond acceptors (Lipinski definition) is 5. The molecule has 8 nitrogen and oxygen atoms in total. The van der Waals surface area contributed by atoms with Gasteiger partial charge in [0.1, 0.15) is 17.9 Å². The number of carbonyl (C=O) groups excluding carboxylic acids is 3. The van der Waals surface area contributed by atoms with E-state index in [1.807, 2.05) is 0 Å². The minimum absolute atomic E-state index is 0.142. The first-order chi connectivity index (χ1) is 15.6. The zero-order valence-electron chi connectivity index (χ0n) is 18.9. The third kappa shape index (κ3) is 5.00. The van der Waals surface area contributed by atoms with Crippen LogP contribution in [0.4, 0.5) is 20.3 Å². The van der Waals surface area contributed by atoms with Crippen LogP contribution < -0.4 is 20.9 Å². The number of likely N-dealkylation sites (N-methyl/N-ethyl adjacent to an activating group) is 1. The first kappa shape index (κ1) is 24.2. The summed E-state index contributed by atoms with van der Waals surface area (Å²) < 4.78 is 27.7. The highest BCUT2D eigenvalue weighted by atomic mass is 19.2. The van der Waals surface area contributed by atoms with Crippen molar-refractivity contribution in [3.8, 4) is 0 Å². The predicted octanol–water partition coefficient (Wildman–Crippen LogP) is 2.00. The van der Waals surface area contributed by atoms with Crippen molar-refractivity contribution < 1.29 is 23.2 Å². The summed E-state index contributed by atoms with van der Waals surface area (Å²) in [5.74, 6) is -3.86. The van der Waals surface area contributed by atoms with Crippen LogP contribution in [0.1, 0.15) is 26.3 Å². The van der Waals surface area contributed by atoms with E-state index in [1.54, 1.807) is 40.0 Å². The van der Waals surface area contributed by atoms with Crippen molar-refractivity contribution in [2.75, 3.05) is 17.3 Å². The van der Waals surface area contributed by atoms with Gasteiger partial charge in [0.05, 0.1) is 11.7 Å². The van der Waals surface area contributed by atoms with Crippen molar-refractivity contribution in [2.45, 2.75) is 45.3 Å². The van der Waals surface area contributed by atoms with Gasteiger partial charge in [-0.1, -0.05) is 26.0 Å². The third-order valence-electron chi connectivity index (χ3n) is 5.63. The van der Waals surface area contributed by atoms with Crippen molar-refractivity contribution in [2.24, 2.45) is 5.92 Å². The van der Waals surface area contributed by atoms with Crippen LogP contribution >= 0.6 is 0 Å². The number of benzene rings is 1. The zero-order chi connectivity index (χ0) is 24.3. The van der Waals surface area contributed by atoms with E-state index in [2.05, 4.69) is 20.9 Å². The Morgan fingerprint density at radius 3 is 2.52 bits per heavy atom. The van der Waals surface area contributed by atoms with Gasteiger partial charge in [-0.3, -0.25) is 19.3 Å². The molecule has 33 heavy (non-hydrogen) atoms. The summed E-state index contributed by atoms with van der Waals surface area (Å²) in [6.45, 7) is 5.21. The van der Waals surface area contributed by atoms with E-state index in [9.17, 15) is 23.2 Å². The number of pyridine rings is 1. The fourth-order valence-corrected chi connectivity index (χ4v) is 3.61. The second-order valence-electron chi connectivity index (χ2n) is 8.25. The largest absolute Gasteiger partial charge is 0.343 e. The molecule has 0 fully saturated rings. The van der Waals surface area contributed by atoms with Gasteiger partial charge in [-0.15, -0.1) is 0 Å². The van der Waals surface area contributed by atoms with Gasteiger partial charge in [0, 0.05) is 12.6 Å². The molecule has 176 valence electrons. The average molecular weight is 459 g/mol. The number of fused-ring (bicyclic) bond motifs is 1. The molecule has 3 rings (SSSR count). The molecule has 3 atom stereocenters. The highest BCUT2D eigenvalue weighted by molar-refractivity contribution is 6.09. The van der Waals surface area contributed by atoms with Crippen LogP contribution in [-0.2, 0) is 20.8 Å². The van der Waals surface area contributed by atoms with E-state index in [0.29, 0.717) is 11.4 Å². The summed E-state index contributed by atoms with van der Waals surface area (Å²) in [6, 6.07) is 4.37. The molecule has 0 aliphatic carbocycles. The van der Waals surface area contributed by atoms with Gasteiger partial charge >= 0.3 is 0 Å². The van der Waals surface area contributed by atoms with Crippen molar-refractivity contribution in [1.29, 1.82) is 0 Å². The summed E-state index contributed by atoms with van der Waals surface area (Å²) in [7, 11) is 1.63. The Labute approximate surface area is 190 Å². The summed E-state index contributed by atoms with van der Waals surface area (Å²) in [5.41, 5.74) is 0.330. The Hall–Kier alpha value is -3.40. The molecule has 3 amide bonds. The minimum Gasteiger partial charge on any atom is -0.343 e. The Bertz CT molecular complexity index is 1060. The van der Waals surface area contributed by atoms with E-state index < -0.39 is 41.6 Å². The molecule has 2 aromatic rings. The fraction of sp³-hybridized carbons (Fsp3) is 0.391. The molecular formula is C23H27F2N5O3. The van der Waals surface area contributed by atoms with E-state index in [4.69, 9.17) is 0 Å². The number of amides is 3. The van der Waals surface area contributed by atoms with E-state index >= 15 is 0 Å². The lowest BCUT2D eigenvalue weighted by Gasteiger charge is -2.31. The molecule has 1 aliphatic heterocycles. The van der Waals surface area contributed by atoms with Gasteiger partial charge in [0.25, 0.3) is 5.91 Å². The van der Waals surface area contributed by atoms with Crippen molar-refractivity contribution in [1.82, 2.24) is 15.6 Å². The number of nitrogens with zero attached hydrogens (tertiary/aromatic N) is 2. The molecule has 1 aromatic heterocycles. The Kier molecular flexibility index (Phi) is 7.37. The molecule has 0 radical (unpaired) electrons. The maximum absolute atomic E-state index is 14.1. The van der Waals surface area contributed by atoms with Crippen LogP contribution in [-0.4, -0.2) is 47.9 Å². The molecule has 0 spiro atoms. The maximum atomic E-state index is 14.1. The second kappa shape index (κ2) is 10.0. The number of hydrogen-bond donors (Lipinski definition) is 3. The molecular weight excluding hydrogens is 432 g/mol. The van der Waals surface area contributed by atoms with Crippen LogP contribution in [0, 0.1) is 17.6 Å². The third-order valence-corrected chi connectivity index (χ3v) is 5.63. The van der Waals surface area contributed by atoms with Gasteiger partial charge in [-0.25, -0.2) is 13.8 Å². The number of halogens is 2. The lowest BCUT2D eigenvalue weighted by molar-refractivity contribution is -0.130. The first-order valence-corrected chi connectivity index (χ1v) is 10.6.